The Morgan fingerprint density at radius 1 is 0.935 bits per heavy atom. The van der Waals surface area contributed by atoms with E-state index in [1.165, 1.54) is 18.7 Å². The minimum absolute atomic E-state index is 0.185. The molecule has 0 saturated heterocycles. The molecule has 12 nitrogen and oxygen atoms in total. The van der Waals surface area contributed by atoms with Crippen molar-refractivity contribution in [3.63, 3.8) is 0 Å². The summed E-state index contributed by atoms with van der Waals surface area (Å²) < 4.78 is 0. The smallest absolute Gasteiger partial charge is 0.326 e. The van der Waals surface area contributed by atoms with Gasteiger partial charge in [0, 0.05) is 0 Å². The fraction of sp³-hybridized carbons (Fsp3) is 0.722. The van der Waals surface area contributed by atoms with Gasteiger partial charge in [0.2, 0.25) is 23.6 Å². The lowest BCUT2D eigenvalue weighted by molar-refractivity contribution is -0.143. The lowest BCUT2D eigenvalue weighted by Gasteiger charge is -2.27. The van der Waals surface area contributed by atoms with E-state index < -0.39 is 72.2 Å². The highest BCUT2D eigenvalue weighted by atomic mass is 32.2. The second kappa shape index (κ2) is 13.8. The normalized spacial score (nSPS) is 15.8. The number of carboxylic acids is 1. The van der Waals surface area contributed by atoms with Crippen LogP contribution >= 0.6 is 11.8 Å². The summed E-state index contributed by atoms with van der Waals surface area (Å²) >= 11 is 1.41. The van der Waals surface area contributed by atoms with E-state index in [4.69, 9.17) is 11.5 Å². The molecule has 0 heterocycles. The van der Waals surface area contributed by atoms with Crippen molar-refractivity contribution in [3.05, 3.63) is 0 Å². The highest BCUT2D eigenvalue weighted by Gasteiger charge is 2.33. The lowest BCUT2D eigenvalue weighted by atomic mass is 10.0. The molecule has 4 amide bonds. The van der Waals surface area contributed by atoms with Gasteiger partial charge in [-0.15, -0.1) is 0 Å². The van der Waals surface area contributed by atoms with Crippen molar-refractivity contribution in [2.45, 2.75) is 63.9 Å². The maximum Gasteiger partial charge on any atom is 0.326 e. The Bertz CT molecular complexity index is 659. The predicted molar refractivity (Wildman–Crippen MR) is 115 cm³/mol. The number of carboxylic acid groups (broad SMARTS) is 1. The Hall–Kier alpha value is -2.38. The number of aliphatic carboxylic acids is 1. The summed E-state index contributed by atoms with van der Waals surface area (Å²) in [5.74, 6) is -4.39. The molecule has 178 valence electrons. The van der Waals surface area contributed by atoms with Crippen LogP contribution < -0.4 is 27.4 Å². The highest BCUT2D eigenvalue weighted by molar-refractivity contribution is 7.98. The van der Waals surface area contributed by atoms with Crippen LogP contribution in [0, 0.1) is 5.92 Å². The summed E-state index contributed by atoms with van der Waals surface area (Å²) in [7, 11) is 0. The summed E-state index contributed by atoms with van der Waals surface area (Å²) in [5, 5.41) is 26.3. The number of carbonyl (C=O) groups excluding carboxylic acids is 4. The van der Waals surface area contributed by atoms with Crippen LogP contribution in [-0.4, -0.2) is 82.1 Å². The Balaban J connectivity index is 5.38. The number of hydrogen-bond acceptors (Lipinski definition) is 8. The third-order valence-electron chi connectivity index (χ3n) is 4.29. The van der Waals surface area contributed by atoms with Crippen molar-refractivity contribution in [1.82, 2.24) is 16.0 Å². The van der Waals surface area contributed by atoms with Crippen molar-refractivity contribution in [3.8, 4) is 0 Å². The molecule has 0 bridgehead atoms. The number of nitrogens with two attached hydrogens (primary N) is 2. The number of amides is 4. The Morgan fingerprint density at radius 3 is 1.90 bits per heavy atom. The highest BCUT2D eigenvalue weighted by Crippen LogP contribution is 2.07. The molecule has 0 aliphatic heterocycles. The molecular formula is C18H33N5O7S. The molecule has 0 saturated carbocycles. The second-order valence-corrected chi connectivity index (χ2v) is 8.40. The van der Waals surface area contributed by atoms with E-state index in [2.05, 4.69) is 16.0 Å². The molecule has 0 fully saturated rings. The molecule has 5 atom stereocenters. The Labute approximate surface area is 185 Å². The third kappa shape index (κ3) is 10.5. The van der Waals surface area contributed by atoms with Crippen LogP contribution in [0.3, 0.4) is 0 Å². The standard InChI is InChI=1S/C18H33N5O7S/c1-8(2)13(18(29)30)22-16(27)11(5-6-31-4)21-17(28)14(9(3)24)23-15(26)10(19)7-12(20)25/h8-11,13-14,24H,5-7,19H2,1-4H3,(H2,20,25)(H,21,28)(H,22,27)(H,23,26)(H,29,30). The number of hydrogen-bond donors (Lipinski definition) is 7. The van der Waals surface area contributed by atoms with Crippen molar-refractivity contribution < 1.29 is 34.2 Å². The van der Waals surface area contributed by atoms with E-state index in [-0.39, 0.29) is 6.42 Å². The van der Waals surface area contributed by atoms with Crippen molar-refractivity contribution in [2.75, 3.05) is 12.0 Å². The first-order chi connectivity index (χ1) is 14.3. The monoisotopic (exact) mass is 463 g/mol. The molecule has 9 N–H and O–H groups in total. The van der Waals surface area contributed by atoms with Crippen molar-refractivity contribution in [1.29, 1.82) is 0 Å². The van der Waals surface area contributed by atoms with Gasteiger partial charge in [0.25, 0.3) is 0 Å². The van der Waals surface area contributed by atoms with Gasteiger partial charge in [-0.05, 0) is 31.3 Å². The number of nitrogens with one attached hydrogen (secondary N) is 3. The number of aliphatic hydroxyl groups is 1. The molecule has 5 unspecified atom stereocenters. The number of primary amides is 1. The average molecular weight is 464 g/mol. The maximum atomic E-state index is 12.7. The first-order valence-electron chi connectivity index (χ1n) is 9.66. The first kappa shape index (κ1) is 28.6. The molecule has 13 heteroatoms. The first-order valence-corrected chi connectivity index (χ1v) is 11.1. The topological polar surface area (TPSA) is 214 Å². The van der Waals surface area contributed by atoms with Gasteiger partial charge in [-0.3, -0.25) is 19.2 Å². The van der Waals surface area contributed by atoms with E-state index in [1.54, 1.807) is 20.1 Å². The molecule has 0 aliphatic carbocycles. The van der Waals surface area contributed by atoms with E-state index >= 15 is 0 Å². The van der Waals surface area contributed by atoms with Gasteiger partial charge in [0.15, 0.2) is 0 Å². The van der Waals surface area contributed by atoms with Crippen molar-refractivity contribution >= 4 is 41.4 Å². The number of aliphatic hydroxyl groups excluding tert-OH is 1. The summed E-state index contributed by atoms with van der Waals surface area (Å²) in [4.78, 5) is 59.7. The van der Waals surface area contributed by atoms with Crippen LogP contribution in [-0.2, 0) is 24.0 Å². The summed E-state index contributed by atoms with van der Waals surface area (Å²) in [6.07, 6.45) is 0.177. The molecule has 0 rings (SSSR count). The minimum Gasteiger partial charge on any atom is -0.480 e. The van der Waals surface area contributed by atoms with E-state index in [1.807, 2.05) is 0 Å². The van der Waals surface area contributed by atoms with Gasteiger partial charge in [-0.1, -0.05) is 13.8 Å². The third-order valence-corrected chi connectivity index (χ3v) is 4.94. The zero-order chi connectivity index (χ0) is 24.3. The Morgan fingerprint density at radius 2 is 1.48 bits per heavy atom. The van der Waals surface area contributed by atoms with E-state index in [0.717, 1.165) is 0 Å². The van der Waals surface area contributed by atoms with Crippen LogP contribution in [0.2, 0.25) is 0 Å². The number of carbonyl (C=O) groups is 5. The number of rotatable bonds is 14. The lowest BCUT2D eigenvalue weighted by Crippen LogP contribution is -2.60. The molecule has 0 aromatic heterocycles. The molecule has 0 aliphatic rings. The SMILES string of the molecule is CSCCC(NC(=O)C(NC(=O)C(N)CC(N)=O)C(C)O)C(=O)NC(C(=O)O)C(C)C. The molecular weight excluding hydrogens is 430 g/mol. The molecule has 0 radical (unpaired) electrons. The largest absolute Gasteiger partial charge is 0.480 e. The van der Waals surface area contributed by atoms with Gasteiger partial charge < -0.3 is 37.6 Å². The van der Waals surface area contributed by atoms with Gasteiger partial charge in [0.05, 0.1) is 18.6 Å². The van der Waals surface area contributed by atoms with Gasteiger partial charge in [0.1, 0.15) is 18.1 Å². The molecule has 0 aromatic rings. The van der Waals surface area contributed by atoms with Crippen molar-refractivity contribution in [2.24, 2.45) is 17.4 Å². The van der Waals surface area contributed by atoms with Crippen LogP contribution in [0.1, 0.15) is 33.6 Å². The van der Waals surface area contributed by atoms with E-state index in [9.17, 15) is 34.2 Å². The molecule has 0 aromatic carbocycles. The van der Waals surface area contributed by atoms with Gasteiger partial charge in [-0.2, -0.15) is 11.8 Å². The fourth-order valence-corrected chi connectivity index (χ4v) is 2.98. The van der Waals surface area contributed by atoms with Crippen LogP contribution in [0.4, 0.5) is 0 Å². The van der Waals surface area contributed by atoms with Crippen LogP contribution in [0.15, 0.2) is 0 Å². The molecule has 31 heavy (non-hydrogen) atoms. The predicted octanol–water partition coefficient (Wildman–Crippen LogP) is -2.48. The zero-order valence-electron chi connectivity index (χ0n) is 18.1. The van der Waals surface area contributed by atoms with Crippen LogP contribution in [0.5, 0.6) is 0 Å². The summed E-state index contributed by atoms with van der Waals surface area (Å²) in [6, 6.07) is -5.03. The van der Waals surface area contributed by atoms with E-state index in [0.29, 0.717) is 5.75 Å². The Kier molecular flexibility index (Phi) is 12.8. The maximum absolute atomic E-state index is 12.7. The second-order valence-electron chi connectivity index (χ2n) is 7.41. The van der Waals surface area contributed by atoms with Crippen LogP contribution in [0.25, 0.3) is 0 Å². The molecule has 0 spiro atoms. The zero-order valence-corrected chi connectivity index (χ0v) is 18.9. The number of thioether (sulfide) groups is 1. The summed E-state index contributed by atoms with van der Waals surface area (Å²) in [5.41, 5.74) is 10.5. The van der Waals surface area contributed by atoms with Gasteiger partial charge >= 0.3 is 5.97 Å². The minimum atomic E-state index is -1.46. The fourth-order valence-electron chi connectivity index (χ4n) is 2.51. The average Bonchev–Trinajstić information content (AvgIpc) is 2.65. The van der Waals surface area contributed by atoms with Gasteiger partial charge in [-0.25, -0.2) is 4.79 Å². The summed E-state index contributed by atoms with van der Waals surface area (Å²) in [6.45, 7) is 4.51. The quantitative estimate of drug-likeness (QED) is 0.145.